The third-order valence-corrected chi connectivity index (χ3v) is 2.54. The van der Waals surface area contributed by atoms with Crippen LogP contribution in [0.1, 0.15) is 6.92 Å². The largest absolute Gasteiger partial charge is 0.358 e. The first-order chi connectivity index (χ1) is 8.22. The van der Waals surface area contributed by atoms with Gasteiger partial charge in [-0.25, -0.2) is 9.97 Å². The van der Waals surface area contributed by atoms with Crippen molar-refractivity contribution < 1.29 is 4.79 Å². The van der Waals surface area contributed by atoms with Gasteiger partial charge in [-0.15, -0.1) is 0 Å². The molecule has 1 aromatic carbocycles. The van der Waals surface area contributed by atoms with Crippen LogP contribution in [0.15, 0.2) is 30.6 Å². The Morgan fingerprint density at radius 3 is 2.82 bits per heavy atom. The summed E-state index contributed by atoms with van der Waals surface area (Å²) in [7, 11) is 1.61. The van der Waals surface area contributed by atoms with Gasteiger partial charge in [-0.3, -0.25) is 4.79 Å². The van der Waals surface area contributed by atoms with E-state index >= 15 is 0 Å². The number of benzene rings is 1. The first kappa shape index (κ1) is 11.3. The third kappa shape index (κ3) is 2.33. The summed E-state index contributed by atoms with van der Waals surface area (Å²) >= 11 is 0. The van der Waals surface area contributed by atoms with Crippen molar-refractivity contribution in [3.8, 4) is 0 Å². The van der Waals surface area contributed by atoms with Crippen molar-refractivity contribution in [2.45, 2.75) is 13.0 Å². The van der Waals surface area contributed by atoms with E-state index in [0.717, 1.165) is 10.9 Å². The lowest BCUT2D eigenvalue weighted by atomic mass is 10.2. The smallest absolute Gasteiger partial charge is 0.241 e. The van der Waals surface area contributed by atoms with Crippen LogP contribution in [0.5, 0.6) is 0 Å². The van der Waals surface area contributed by atoms with E-state index in [2.05, 4.69) is 20.6 Å². The molecule has 2 rings (SSSR count). The molecule has 2 aromatic rings. The van der Waals surface area contributed by atoms with E-state index < -0.39 is 0 Å². The van der Waals surface area contributed by atoms with Gasteiger partial charge in [0, 0.05) is 12.4 Å². The van der Waals surface area contributed by atoms with Gasteiger partial charge in [0.1, 0.15) is 18.2 Å². The fourth-order valence-electron chi connectivity index (χ4n) is 1.61. The van der Waals surface area contributed by atoms with Gasteiger partial charge >= 0.3 is 0 Å². The molecule has 0 aliphatic rings. The fourth-order valence-corrected chi connectivity index (χ4v) is 1.61. The molecule has 1 atom stereocenters. The van der Waals surface area contributed by atoms with E-state index in [1.54, 1.807) is 14.0 Å². The van der Waals surface area contributed by atoms with Crippen LogP contribution in [0, 0.1) is 0 Å². The molecule has 1 unspecified atom stereocenters. The molecule has 0 bridgehead atoms. The first-order valence-corrected chi connectivity index (χ1v) is 5.40. The Balaban J connectivity index is 2.33. The molecule has 5 heteroatoms. The quantitative estimate of drug-likeness (QED) is 0.830. The number of para-hydroxylation sites is 1. The highest BCUT2D eigenvalue weighted by molar-refractivity contribution is 5.91. The predicted molar refractivity (Wildman–Crippen MR) is 66.7 cm³/mol. The van der Waals surface area contributed by atoms with Crippen molar-refractivity contribution >= 4 is 22.6 Å². The first-order valence-electron chi connectivity index (χ1n) is 5.40. The van der Waals surface area contributed by atoms with Crippen molar-refractivity contribution in [2.24, 2.45) is 0 Å². The second kappa shape index (κ2) is 4.78. The summed E-state index contributed by atoms with van der Waals surface area (Å²) in [6.07, 6.45) is 1.49. The minimum Gasteiger partial charge on any atom is -0.358 e. The van der Waals surface area contributed by atoms with Gasteiger partial charge in [0.2, 0.25) is 5.91 Å². The molecule has 0 aliphatic heterocycles. The number of carbonyl (C=O) groups is 1. The molecular weight excluding hydrogens is 216 g/mol. The minimum atomic E-state index is -0.335. The van der Waals surface area contributed by atoms with Crippen molar-refractivity contribution in [3.63, 3.8) is 0 Å². The van der Waals surface area contributed by atoms with Gasteiger partial charge in [0.05, 0.1) is 5.52 Å². The number of anilines is 1. The lowest BCUT2D eigenvalue weighted by Crippen LogP contribution is -2.35. The number of nitrogens with one attached hydrogen (secondary N) is 2. The fraction of sp³-hybridized carbons (Fsp3) is 0.250. The van der Waals surface area contributed by atoms with E-state index in [1.807, 2.05) is 24.3 Å². The molecule has 0 radical (unpaired) electrons. The maximum absolute atomic E-state index is 11.4. The lowest BCUT2D eigenvalue weighted by molar-refractivity contribution is -0.121. The van der Waals surface area contributed by atoms with Gasteiger partial charge in [-0.1, -0.05) is 12.1 Å². The summed E-state index contributed by atoms with van der Waals surface area (Å²) < 4.78 is 0. The average molecular weight is 230 g/mol. The minimum absolute atomic E-state index is 0.0762. The zero-order valence-corrected chi connectivity index (χ0v) is 9.77. The number of hydrogen-bond donors (Lipinski definition) is 2. The van der Waals surface area contributed by atoms with Gasteiger partial charge in [-0.05, 0) is 19.1 Å². The standard InChI is InChI=1S/C12H14N4O/c1-8(12(17)13-2)16-11-9-5-3-4-6-10(9)14-7-15-11/h3-8H,1-2H3,(H,13,17)(H,14,15,16). The molecule has 1 heterocycles. The zero-order valence-electron chi connectivity index (χ0n) is 9.77. The van der Waals surface area contributed by atoms with Gasteiger partial charge in [-0.2, -0.15) is 0 Å². The van der Waals surface area contributed by atoms with Crippen molar-refractivity contribution in [2.75, 3.05) is 12.4 Å². The van der Waals surface area contributed by atoms with Crippen molar-refractivity contribution in [1.29, 1.82) is 0 Å². The summed E-state index contributed by atoms with van der Waals surface area (Å²) in [6, 6.07) is 7.34. The van der Waals surface area contributed by atoms with E-state index in [-0.39, 0.29) is 11.9 Å². The molecule has 0 spiro atoms. The van der Waals surface area contributed by atoms with Crippen LogP contribution in [0.4, 0.5) is 5.82 Å². The Bertz CT molecular complexity index is 536. The zero-order chi connectivity index (χ0) is 12.3. The highest BCUT2D eigenvalue weighted by Gasteiger charge is 2.12. The third-order valence-electron chi connectivity index (χ3n) is 2.54. The lowest BCUT2D eigenvalue weighted by Gasteiger charge is -2.13. The van der Waals surface area contributed by atoms with E-state index in [9.17, 15) is 4.79 Å². The molecule has 0 saturated carbocycles. The normalized spacial score (nSPS) is 12.1. The predicted octanol–water partition coefficient (Wildman–Crippen LogP) is 1.18. The number of aromatic nitrogens is 2. The maximum Gasteiger partial charge on any atom is 0.241 e. The summed E-state index contributed by atoms with van der Waals surface area (Å²) in [4.78, 5) is 19.8. The van der Waals surface area contributed by atoms with Crippen molar-refractivity contribution in [3.05, 3.63) is 30.6 Å². The Kier molecular flexibility index (Phi) is 3.18. The van der Waals surface area contributed by atoms with Crippen LogP contribution in [-0.4, -0.2) is 29.0 Å². The highest BCUT2D eigenvalue weighted by Crippen LogP contribution is 2.18. The topological polar surface area (TPSA) is 66.9 Å². The molecule has 2 N–H and O–H groups in total. The number of rotatable bonds is 3. The number of fused-ring (bicyclic) bond motifs is 1. The molecule has 5 nitrogen and oxygen atoms in total. The molecule has 0 aliphatic carbocycles. The van der Waals surface area contributed by atoms with Gasteiger partial charge in [0.15, 0.2) is 0 Å². The molecule has 1 aromatic heterocycles. The van der Waals surface area contributed by atoms with Crippen LogP contribution < -0.4 is 10.6 Å². The molecular formula is C12H14N4O. The van der Waals surface area contributed by atoms with Crippen LogP contribution in [-0.2, 0) is 4.79 Å². The summed E-state index contributed by atoms with van der Waals surface area (Å²) in [6.45, 7) is 1.79. The summed E-state index contributed by atoms with van der Waals surface area (Å²) in [5, 5.41) is 6.57. The monoisotopic (exact) mass is 230 g/mol. The SMILES string of the molecule is CNC(=O)C(C)Nc1ncnc2ccccc12. The number of amides is 1. The number of carbonyl (C=O) groups excluding carboxylic acids is 1. The van der Waals surface area contributed by atoms with Gasteiger partial charge < -0.3 is 10.6 Å². The van der Waals surface area contributed by atoms with E-state index in [4.69, 9.17) is 0 Å². The molecule has 88 valence electrons. The Labute approximate surface area is 99.3 Å². The highest BCUT2D eigenvalue weighted by atomic mass is 16.2. The molecule has 17 heavy (non-hydrogen) atoms. The van der Waals surface area contributed by atoms with Crippen molar-refractivity contribution in [1.82, 2.24) is 15.3 Å². The molecule has 1 amide bonds. The maximum atomic E-state index is 11.4. The van der Waals surface area contributed by atoms with Gasteiger partial charge in [0.25, 0.3) is 0 Å². The molecule has 0 fully saturated rings. The molecule has 0 saturated heterocycles. The average Bonchev–Trinajstić information content (AvgIpc) is 2.38. The second-order valence-electron chi connectivity index (χ2n) is 3.72. The Morgan fingerprint density at radius 2 is 2.06 bits per heavy atom. The number of likely N-dealkylation sites (N-methyl/N-ethyl adjacent to an activating group) is 1. The van der Waals surface area contributed by atoms with Crippen LogP contribution in [0.25, 0.3) is 10.9 Å². The van der Waals surface area contributed by atoms with E-state index in [1.165, 1.54) is 6.33 Å². The van der Waals surface area contributed by atoms with Crippen LogP contribution in [0.3, 0.4) is 0 Å². The Hall–Kier alpha value is -2.17. The van der Waals surface area contributed by atoms with E-state index in [0.29, 0.717) is 5.82 Å². The number of nitrogens with zero attached hydrogens (tertiary/aromatic N) is 2. The summed E-state index contributed by atoms with van der Waals surface area (Å²) in [5.41, 5.74) is 0.856. The van der Waals surface area contributed by atoms with Crippen LogP contribution >= 0.6 is 0 Å². The second-order valence-corrected chi connectivity index (χ2v) is 3.72. The van der Waals surface area contributed by atoms with Crippen LogP contribution in [0.2, 0.25) is 0 Å². The summed E-state index contributed by atoms with van der Waals surface area (Å²) in [5.74, 6) is 0.597. The Morgan fingerprint density at radius 1 is 1.29 bits per heavy atom. The number of hydrogen-bond acceptors (Lipinski definition) is 4.